The highest BCUT2D eigenvalue weighted by Gasteiger charge is 2.21. The molecule has 1 unspecified atom stereocenters. The first-order chi connectivity index (χ1) is 9.83. The molecule has 0 amide bonds. The van der Waals surface area contributed by atoms with Crippen molar-refractivity contribution in [2.75, 3.05) is 13.7 Å². The molecular weight excluding hydrogens is 246 g/mol. The lowest BCUT2D eigenvalue weighted by Gasteiger charge is -2.13. The fourth-order valence-electron chi connectivity index (χ4n) is 3.07. The minimum Gasteiger partial charge on any atom is -0.493 e. The second-order valence-electron chi connectivity index (χ2n) is 5.22. The van der Waals surface area contributed by atoms with Crippen LogP contribution in [0.15, 0.2) is 42.5 Å². The summed E-state index contributed by atoms with van der Waals surface area (Å²) in [6.07, 6.45) is 2.36. The molecule has 1 atom stereocenters. The van der Waals surface area contributed by atoms with E-state index < -0.39 is 0 Å². The molecule has 1 N–H and O–H groups in total. The van der Waals surface area contributed by atoms with Crippen LogP contribution in [0.3, 0.4) is 0 Å². The van der Waals surface area contributed by atoms with Gasteiger partial charge in [0.25, 0.3) is 0 Å². The summed E-state index contributed by atoms with van der Waals surface area (Å²) in [6.45, 7) is 2.72. The number of rotatable bonds is 4. The molecular formula is C18H21NO. The summed E-state index contributed by atoms with van der Waals surface area (Å²) >= 11 is 0. The molecule has 0 aliphatic heterocycles. The standard InChI is InChI=1S/C18H21NO/c1-3-20-18-7-5-4-6-16(18)14-8-10-15-13(12-14)9-11-17(15)19-2/h4-8,10,12,17,19H,3,9,11H2,1-2H3. The average molecular weight is 267 g/mol. The third-order valence-electron chi connectivity index (χ3n) is 4.07. The third kappa shape index (κ3) is 2.32. The van der Waals surface area contributed by atoms with Crippen LogP contribution in [0.1, 0.15) is 30.5 Å². The van der Waals surface area contributed by atoms with Crippen LogP contribution >= 0.6 is 0 Å². The van der Waals surface area contributed by atoms with E-state index >= 15 is 0 Å². The Morgan fingerprint density at radius 1 is 1.20 bits per heavy atom. The van der Waals surface area contributed by atoms with Crippen molar-refractivity contribution in [2.24, 2.45) is 0 Å². The summed E-state index contributed by atoms with van der Waals surface area (Å²) in [5.41, 5.74) is 5.35. The van der Waals surface area contributed by atoms with Crippen LogP contribution in [0.25, 0.3) is 11.1 Å². The third-order valence-corrected chi connectivity index (χ3v) is 4.07. The van der Waals surface area contributed by atoms with Crippen molar-refractivity contribution in [3.05, 3.63) is 53.6 Å². The molecule has 1 aliphatic rings. The fraction of sp³-hybridized carbons (Fsp3) is 0.333. The van der Waals surface area contributed by atoms with E-state index in [1.807, 2.05) is 26.1 Å². The SMILES string of the molecule is CCOc1ccccc1-c1ccc2c(c1)CCC2NC. The maximum Gasteiger partial charge on any atom is 0.127 e. The van der Waals surface area contributed by atoms with Crippen molar-refractivity contribution < 1.29 is 4.74 Å². The zero-order chi connectivity index (χ0) is 13.9. The number of hydrogen-bond acceptors (Lipinski definition) is 2. The molecule has 2 heteroatoms. The lowest BCUT2D eigenvalue weighted by atomic mass is 9.99. The van der Waals surface area contributed by atoms with Gasteiger partial charge in [-0.1, -0.05) is 36.4 Å². The maximum atomic E-state index is 5.74. The molecule has 0 spiro atoms. The molecule has 0 saturated carbocycles. The van der Waals surface area contributed by atoms with Crippen molar-refractivity contribution >= 4 is 0 Å². The molecule has 0 saturated heterocycles. The van der Waals surface area contributed by atoms with E-state index in [2.05, 4.69) is 35.6 Å². The average Bonchev–Trinajstić information content (AvgIpc) is 2.90. The number of para-hydroxylation sites is 1. The van der Waals surface area contributed by atoms with Gasteiger partial charge >= 0.3 is 0 Å². The summed E-state index contributed by atoms with van der Waals surface area (Å²) in [6, 6.07) is 15.6. The van der Waals surface area contributed by atoms with Crippen molar-refractivity contribution in [3.8, 4) is 16.9 Å². The van der Waals surface area contributed by atoms with Gasteiger partial charge in [0, 0.05) is 11.6 Å². The molecule has 1 aliphatic carbocycles. The molecule has 0 aromatic heterocycles. The van der Waals surface area contributed by atoms with Crippen molar-refractivity contribution in [3.63, 3.8) is 0 Å². The van der Waals surface area contributed by atoms with Crippen LogP contribution in [-0.4, -0.2) is 13.7 Å². The fourth-order valence-corrected chi connectivity index (χ4v) is 3.07. The minimum atomic E-state index is 0.515. The van der Waals surface area contributed by atoms with Crippen molar-refractivity contribution in [1.29, 1.82) is 0 Å². The summed E-state index contributed by atoms with van der Waals surface area (Å²) in [5, 5.41) is 3.39. The van der Waals surface area contributed by atoms with Crippen LogP contribution in [0.2, 0.25) is 0 Å². The van der Waals surface area contributed by atoms with Gasteiger partial charge in [0.05, 0.1) is 6.61 Å². The van der Waals surface area contributed by atoms with Gasteiger partial charge in [0.1, 0.15) is 5.75 Å². The van der Waals surface area contributed by atoms with E-state index in [-0.39, 0.29) is 0 Å². The molecule has 0 heterocycles. The maximum absolute atomic E-state index is 5.74. The predicted molar refractivity (Wildman–Crippen MR) is 83.2 cm³/mol. The summed E-state index contributed by atoms with van der Waals surface area (Å²) < 4.78 is 5.74. The van der Waals surface area contributed by atoms with Crippen LogP contribution in [0.5, 0.6) is 5.75 Å². The van der Waals surface area contributed by atoms with E-state index in [0.29, 0.717) is 12.6 Å². The highest BCUT2D eigenvalue weighted by molar-refractivity contribution is 5.71. The van der Waals surface area contributed by atoms with E-state index in [4.69, 9.17) is 4.74 Å². The Bertz CT molecular complexity index is 606. The monoisotopic (exact) mass is 267 g/mol. The molecule has 2 aromatic rings. The van der Waals surface area contributed by atoms with Gasteiger partial charge < -0.3 is 10.1 Å². The Morgan fingerprint density at radius 2 is 2.05 bits per heavy atom. The Kier molecular flexibility index (Phi) is 3.75. The van der Waals surface area contributed by atoms with Crippen LogP contribution < -0.4 is 10.1 Å². The first-order valence-electron chi connectivity index (χ1n) is 7.35. The van der Waals surface area contributed by atoms with E-state index in [0.717, 1.165) is 12.2 Å². The normalized spacial score (nSPS) is 17.0. The zero-order valence-electron chi connectivity index (χ0n) is 12.1. The Hall–Kier alpha value is -1.80. The van der Waals surface area contributed by atoms with Gasteiger partial charge in [-0.2, -0.15) is 0 Å². The molecule has 104 valence electrons. The minimum absolute atomic E-state index is 0.515. The van der Waals surface area contributed by atoms with Crippen LogP contribution in [0.4, 0.5) is 0 Å². The molecule has 2 nitrogen and oxygen atoms in total. The lowest BCUT2D eigenvalue weighted by molar-refractivity contribution is 0.341. The van der Waals surface area contributed by atoms with E-state index in [9.17, 15) is 0 Å². The van der Waals surface area contributed by atoms with Crippen LogP contribution in [0, 0.1) is 0 Å². The summed E-state index contributed by atoms with van der Waals surface area (Å²) in [5.74, 6) is 0.970. The van der Waals surface area contributed by atoms with Crippen molar-refractivity contribution in [1.82, 2.24) is 5.32 Å². The summed E-state index contributed by atoms with van der Waals surface area (Å²) in [4.78, 5) is 0. The molecule has 0 fully saturated rings. The quantitative estimate of drug-likeness (QED) is 0.905. The number of benzene rings is 2. The molecule has 20 heavy (non-hydrogen) atoms. The Balaban J connectivity index is 2.00. The first kappa shape index (κ1) is 13.2. The second-order valence-corrected chi connectivity index (χ2v) is 5.22. The van der Waals surface area contributed by atoms with Crippen molar-refractivity contribution in [2.45, 2.75) is 25.8 Å². The number of nitrogens with one attached hydrogen (secondary N) is 1. The molecule has 2 aromatic carbocycles. The zero-order valence-corrected chi connectivity index (χ0v) is 12.1. The first-order valence-corrected chi connectivity index (χ1v) is 7.35. The Morgan fingerprint density at radius 3 is 2.85 bits per heavy atom. The highest BCUT2D eigenvalue weighted by Crippen LogP contribution is 2.36. The smallest absolute Gasteiger partial charge is 0.127 e. The molecule has 0 radical (unpaired) electrons. The number of fused-ring (bicyclic) bond motifs is 1. The Labute approximate surface area is 120 Å². The number of ether oxygens (including phenoxy) is 1. The second kappa shape index (κ2) is 5.68. The topological polar surface area (TPSA) is 21.3 Å². The van der Waals surface area contributed by atoms with Gasteiger partial charge in [-0.3, -0.25) is 0 Å². The summed E-state index contributed by atoms with van der Waals surface area (Å²) in [7, 11) is 2.04. The lowest BCUT2D eigenvalue weighted by Crippen LogP contribution is -2.12. The van der Waals surface area contributed by atoms with Gasteiger partial charge in [0.15, 0.2) is 0 Å². The molecule has 0 bridgehead atoms. The van der Waals surface area contributed by atoms with E-state index in [1.165, 1.54) is 28.7 Å². The molecule has 3 rings (SSSR count). The predicted octanol–water partition coefficient (Wildman–Crippen LogP) is 3.96. The number of hydrogen-bond donors (Lipinski definition) is 1. The van der Waals surface area contributed by atoms with Gasteiger partial charge in [-0.25, -0.2) is 0 Å². The highest BCUT2D eigenvalue weighted by atomic mass is 16.5. The van der Waals surface area contributed by atoms with Gasteiger partial charge in [-0.05, 0) is 49.6 Å². The van der Waals surface area contributed by atoms with E-state index in [1.54, 1.807) is 0 Å². The van der Waals surface area contributed by atoms with Gasteiger partial charge in [0.2, 0.25) is 0 Å². The number of aryl methyl sites for hydroxylation is 1. The van der Waals surface area contributed by atoms with Gasteiger partial charge in [-0.15, -0.1) is 0 Å². The largest absolute Gasteiger partial charge is 0.493 e. The van der Waals surface area contributed by atoms with Crippen LogP contribution in [-0.2, 0) is 6.42 Å².